The molecular formula is C19H28O5. The van der Waals surface area contributed by atoms with Crippen molar-refractivity contribution in [1.29, 1.82) is 0 Å². The lowest BCUT2D eigenvalue weighted by Crippen LogP contribution is -2.07. The van der Waals surface area contributed by atoms with Gasteiger partial charge in [-0.2, -0.15) is 0 Å². The molecule has 0 heterocycles. The topological polar surface area (TPSA) is 83.8 Å². The summed E-state index contributed by atoms with van der Waals surface area (Å²) in [5.41, 5.74) is 2.09. The molecule has 134 valence electrons. The van der Waals surface area contributed by atoms with E-state index in [4.69, 9.17) is 14.9 Å². The summed E-state index contributed by atoms with van der Waals surface area (Å²) in [5, 5.41) is 17.6. The fourth-order valence-electron chi connectivity index (χ4n) is 2.64. The minimum atomic E-state index is -0.839. The van der Waals surface area contributed by atoms with Gasteiger partial charge in [-0.05, 0) is 42.9 Å². The van der Waals surface area contributed by atoms with E-state index in [1.165, 1.54) is 19.3 Å². The van der Waals surface area contributed by atoms with Crippen molar-refractivity contribution in [1.82, 2.24) is 0 Å². The summed E-state index contributed by atoms with van der Waals surface area (Å²) < 4.78 is 5.73. The van der Waals surface area contributed by atoms with Crippen LogP contribution in [0.4, 0.5) is 0 Å². The maximum Gasteiger partial charge on any atom is 0.303 e. The molecule has 0 aliphatic rings. The average Bonchev–Trinajstić information content (AvgIpc) is 2.54. The van der Waals surface area contributed by atoms with Gasteiger partial charge in [0, 0.05) is 12.8 Å². The SMILES string of the molecule is CCCCCCc1cccc(OCCCC(=O)O)c1CCC(=O)O. The Bertz CT molecular complexity index is 524. The molecule has 1 rings (SSSR count). The normalized spacial score (nSPS) is 10.5. The van der Waals surface area contributed by atoms with Gasteiger partial charge < -0.3 is 14.9 Å². The van der Waals surface area contributed by atoms with Gasteiger partial charge >= 0.3 is 11.9 Å². The summed E-state index contributed by atoms with van der Waals surface area (Å²) in [6.45, 7) is 2.50. The standard InChI is InChI=1S/C19H28O5/c1-2-3-4-5-8-15-9-6-10-17(16(15)12-13-19(22)23)24-14-7-11-18(20)21/h6,9-10H,2-5,7-8,11-14H2,1H3,(H,20,21)(H,22,23). The third-order valence-corrected chi connectivity index (χ3v) is 3.91. The molecule has 0 atom stereocenters. The molecule has 24 heavy (non-hydrogen) atoms. The van der Waals surface area contributed by atoms with Crippen LogP contribution in [0.15, 0.2) is 18.2 Å². The second-order valence-electron chi connectivity index (χ2n) is 5.94. The highest BCUT2D eigenvalue weighted by Gasteiger charge is 2.12. The van der Waals surface area contributed by atoms with Crippen LogP contribution >= 0.6 is 0 Å². The summed E-state index contributed by atoms with van der Waals surface area (Å²) in [7, 11) is 0. The quantitative estimate of drug-likeness (QED) is 0.530. The molecule has 0 aliphatic carbocycles. The first-order valence-corrected chi connectivity index (χ1v) is 8.71. The van der Waals surface area contributed by atoms with Crippen LogP contribution in [0.2, 0.25) is 0 Å². The van der Waals surface area contributed by atoms with Crippen molar-refractivity contribution in [2.24, 2.45) is 0 Å². The number of hydrogen-bond acceptors (Lipinski definition) is 3. The Morgan fingerprint density at radius 3 is 2.38 bits per heavy atom. The number of carbonyl (C=O) groups is 2. The molecular weight excluding hydrogens is 308 g/mol. The lowest BCUT2D eigenvalue weighted by Gasteiger charge is -2.15. The van der Waals surface area contributed by atoms with Crippen LogP contribution in [-0.4, -0.2) is 28.8 Å². The lowest BCUT2D eigenvalue weighted by molar-refractivity contribution is -0.138. The Morgan fingerprint density at radius 1 is 0.958 bits per heavy atom. The van der Waals surface area contributed by atoms with E-state index in [9.17, 15) is 9.59 Å². The van der Waals surface area contributed by atoms with Gasteiger partial charge in [0.15, 0.2) is 0 Å². The zero-order valence-electron chi connectivity index (χ0n) is 14.4. The lowest BCUT2D eigenvalue weighted by atomic mass is 9.97. The first-order valence-electron chi connectivity index (χ1n) is 8.71. The summed E-state index contributed by atoms with van der Waals surface area (Å²) in [6.07, 6.45) is 6.56. The maximum atomic E-state index is 10.9. The fraction of sp³-hybridized carbons (Fsp3) is 0.579. The number of ether oxygens (including phenoxy) is 1. The monoisotopic (exact) mass is 336 g/mol. The van der Waals surface area contributed by atoms with E-state index < -0.39 is 11.9 Å². The van der Waals surface area contributed by atoms with Gasteiger partial charge in [0.1, 0.15) is 5.75 Å². The van der Waals surface area contributed by atoms with E-state index in [0.717, 1.165) is 24.0 Å². The molecule has 0 spiro atoms. The minimum absolute atomic E-state index is 0.0669. The summed E-state index contributed by atoms with van der Waals surface area (Å²) in [6, 6.07) is 5.80. The number of rotatable bonds is 13. The number of unbranched alkanes of at least 4 members (excludes halogenated alkanes) is 3. The van der Waals surface area contributed by atoms with Gasteiger partial charge in [-0.3, -0.25) is 9.59 Å². The molecule has 5 nitrogen and oxygen atoms in total. The summed E-state index contributed by atoms with van der Waals surface area (Å²) in [5.74, 6) is -0.975. The molecule has 1 aromatic rings. The Morgan fingerprint density at radius 2 is 1.71 bits per heavy atom. The van der Waals surface area contributed by atoms with Crippen LogP contribution in [0.25, 0.3) is 0 Å². The Labute approximate surface area is 143 Å². The number of carboxylic acid groups (broad SMARTS) is 2. The van der Waals surface area contributed by atoms with Gasteiger partial charge in [0.2, 0.25) is 0 Å². The van der Waals surface area contributed by atoms with E-state index >= 15 is 0 Å². The van der Waals surface area contributed by atoms with Gasteiger partial charge in [0.25, 0.3) is 0 Å². The maximum absolute atomic E-state index is 10.9. The van der Waals surface area contributed by atoms with Crippen molar-refractivity contribution in [3.8, 4) is 5.75 Å². The molecule has 0 saturated carbocycles. The van der Waals surface area contributed by atoms with Crippen LogP contribution in [0.5, 0.6) is 5.75 Å². The van der Waals surface area contributed by atoms with Gasteiger partial charge in [-0.1, -0.05) is 38.3 Å². The number of benzene rings is 1. The molecule has 0 saturated heterocycles. The van der Waals surface area contributed by atoms with Crippen LogP contribution in [0.1, 0.15) is 63.0 Å². The van der Waals surface area contributed by atoms with Crippen LogP contribution in [0.3, 0.4) is 0 Å². The van der Waals surface area contributed by atoms with Gasteiger partial charge in [0.05, 0.1) is 6.61 Å². The predicted molar refractivity (Wildman–Crippen MR) is 92.6 cm³/mol. The van der Waals surface area contributed by atoms with Crippen molar-refractivity contribution >= 4 is 11.9 Å². The number of aryl methyl sites for hydroxylation is 1. The molecule has 0 fully saturated rings. The minimum Gasteiger partial charge on any atom is -0.493 e. The predicted octanol–water partition coefficient (Wildman–Crippen LogP) is 4.07. The molecule has 0 aliphatic heterocycles. The molecule has 0 bridgehead atoms. The van der Waals surface area contributed by atoms with E-state index in [0.29, 0.717) is 25.2 Å². The Kier molecular flexibility index (Phi) is 9.58. The highest BCUT2D eigenvalue weighted by atomic mass is 16.5. The third-order valence-electron chi connectivity index (χ3n) is 3.91. The first kappa shape index (κ1) is 20.0. The van der Waals surface area contributed by atoms with Crippen LogP contribution < -0.4 is 4.74 Å². The molecule has 2 N–H and O–H groups in total. The fourth-order valence-corrected chi connectivity index (χ4v) is 2.64. The summed E-state index contributed by atoms with van der Waals surface area (Å²) in [4.78, 5) is 21.5. The number of carboxylic acids is 2. The number of hydrogen-bond donors (Lipinski definition) is 2. The van der Waals surface area contributed by atoms with Crippen LogP contribution in [-0.2, 0) is 22.4 Å². The van der Waals surface area contributed by atoms with Crippen LogP contribution in [0, 0.1) is 0 Å². The Balaban J connectivity index is 2.74. The van der Waals surface area contributed by atoms with E-state index in [2.05, 4.69) is 6.92 Å². The zero-order valence-corrected chi connectivity index (χ0v) is 14.4. The zero-order chi connectivity index (χ0) is 17.8. The first-order chi connectivity index (χ1) is 11.5. The van der Waals surface area contributed by atoms with E-state index in [1.807, 2.05) is 18.2 Å². The van der Waals surface area contributed by atoms with Gasteiger partial charge in [-0.15, -0.1) is 0 Å². The van der Waals surface area contributed by atoms with Crippen molar-refractivity contribution < 1.29 is 24.5 Å². The number of aliphatic carboxylic acids is 2. The molecule has 0 radical (unpaired) electrons. The molecule has 1 aromatic carbocycles. The summed E-state index contributed by atoms with van der Waals surface area (Å²) >= 11 is 0. The molecule has 5 heteroatoms. The third kappa shape index (κ3) is 7.99. The van der Waals surface area contributed by atoms with Gasteiger partial charge in [-0.25, -0.2) is 0 Å². The molecule has 0 aromatic heterocycles. The van der Waals surface area contributed by atoms with Crippen molar-refractivity contribution in [3.63, 3.8) is 0 Å². The van der Waals surface area contributed by atoms with Crippen molar-refractivity contribution in [3.05, 3.63) is 29.3 Å². The van der Waals surface area contributed by atoms with E-state index in [1.54, 1.807) is 0 Å². The highest BCUT2D eigenvalue weighted by Crippen LogP contribution is 2.26. The average molecular weight is 336 g/mol. The van der Waals surface area contributed by atoms with Crippen molar-refractivity contribution in [2.75, 3.05) is 6.61 Å². The highest BCUT2D eigenvalue weighted by molar-refractivity contribution is 5.67. The molecule has 0 amide bonds. The largest absolute Gasteiger partial charge is 0.493 e. The van der Waals surface area contributed by atoms with Crippen molar-refractivity contribution in [2.45, 2.75) is 64.7 Å². The second-order valence-corrected chi connectivity index (χ2v) is 5.94. The Hall–Kier alpha value is -2.04. The second kappa shape index (κ2) is 11.5. The van der Waals surface area contributed by atoms with E-state index in [-0.39, 0.29) is 12.8 Å². The smallest absolute Gasteiger partial charge is 0.303 e. The molecule has 0 unspecified atom stereocenters.